The quantitative estimate of drug-likeness (QED) is 0.0842. The molecule has 5 nitrogen and oxygen atoms in total. The number of rotatable bonds is 14. The standard InChI is InChI=1S/C41H44N2O3S/c1-3-5-15-31-42(35-17-9-7-10-18-35)37-27-23-33(24-28-37)41(39-21-13-14-22-40(39)47(44,45)46)34-25-29-38(30-26-34)43(32-16-6-4-2)36-19-11-8-12-20-36/h7-14,17-30H,3-6,15-16,31-32H2,1-2H3/p+1. The molecule has 0 bridgehead atoms. The predicted molar refractivity (Wildman–Crippen MR) is 196 cm³/mol. The zero-order valence-electron chi connectivity index (χ0n) is 27.4. The maximum absolute atomic E-state index is 12.6. The first kappa shape index (κ1) is 33.8. The van der Waals surface area contributed by atoms with E-state index in [0.29, 0.717) is 5.56 Å². The third kappa shape index (κ3) is 8.64. The smallest absolute Gasteiger partial charge is 0.295 e. The molecule has 47 heavy (non-hydrogen) atoms. The summed E-state index contributed by atoms with van der Waals surface area (Å²) in [7, 11) is -4.47. The van der Waals surface area contributed by atoms with Gasteiger partial charge in [0.25, 0.3) is 10.1 Å². The van der Waals surface area contributed by atoms with Gasteiger partial charge in [-0.25, -0.2) is 0 Å². The predicted octanol–water partition coefficient (Wildman–Crippen LogP) is 10.2. The van der Waals surface area contributed by atoms with E-state index in [9.17, 15) is 13.0 Å². The fourth-order valence-electron chi connectivity index (χ4n) is 6.06. The van der Waals surface area contributed by atoms with Crippen LogP contribution in [0.3, 0.4) is 0 Å². The molecule has 1 aliphatic rings. The van der Waals surface area contributed by atoms with Crippen LogP contribution in [-0.2, 0) is 10.1 Å². The fourth-order valence-corrected chi connectivity index (χ4v) is 6.76. The second-order valence-electron chi connectivity index (χ2n) is 11.8. The highest BCUT2D eigenvalue weighted by molar-refractivity contribution is 7.86. The number of hydrogen-bond acceptors (Lipinski definition) is 3. The first-order valence-corrected chi connectivity index (χ1v) is 18.1. The molecule has 0 aromatic heterocycles. The molecule has 0 aliphatic heterocycles. The molecule has 0 saturated heterocycles. The first-order chi connectivity index (χ1) is 22.9. The molecule has 1 aliphatic carbocycles. The van der Waals surface area contributed by atoms with Crippen LogP contribution in [0.15, 0.2) is 144 Å². The molecular formula is C41H45N2O3S+. The van der Waals surface area contributed by atoms with Crippen LogP contribution in [0.4, 0.5) is 17.1 Å². The Labute approximate surface area is 280 Å². The molecule has 0 saturated carbocycles. The lowest BCUT2D eigenvalue weighted by atomic mass is 9.90. The van der Waals surface area contributed by atoms with Gasteiger partial charge in [-0.3, -0.25) is 4.55 Å². The maximum atomic E-state index is 12.6. The van der Waals surface area contributed by atoms with E-state index in [-0.39, 0.29) is 4.90 Å². The Morgan fingerprint density at radius 1 is 0.660 bits per heavy atom. The number of nitrogens with zero attached hydrogens (tertiary/aromatic N) is 2. The lowest BCUT2D eigenvalue weighted by molar-refractivity contribution is -0.439. The van der Waals surface area contributed by atoms with E-state index in [2.05, 4.69) is 120 Å². The van der Waals surface area contributed by atoms with Crippen molar-refractivity contribution in [2.75, 3.05) is 18.0 Å². The molecule has 242 valence electrons. The minimum absolute atomic E-state index is 0.112. The van der Waals surface area contributed by atoms with Gasteiger partial charge in [-0.05, 0) is 72.0 Å². The van der Waals surface area contributed by atoms with Crippen molar-refractivity contribution in [2.24, 2.45) is 0 Å². The molecule has 4 aromatic carbocycles. The number of anilines is 2. The van der Waals surface area contributed by atoms with Crippen LogP contribution < -0.4 is 4.90 Å². The fraction of sp³-hybridized carbons (Fsp3) is 0.244. The molecule has 0 fully saturated rings. The molecule has 6 heteroatoms. The molecule has 0 amide bonds. The second-order valence-corrected chi connectivity index (χ2v) is 13.2. The summed E-state index contributed by atoms with van der Waals surface area (Å²) >= 11 is 0. The van der Waals surface area contributed by atoms with E-state index >= 15 is 0 Å². The van der Waals surface area contributed by atoms with Crippen LogP contribution in [0.1, 0.15) is 63.5 Å². The average molecular weight is 646 g/mol. The van der Waals surface area contributed by atoms with Crippen LogP contribution in [0.25, 0.3) is 5.57 Å². The van der Waals surface area contributed by atoms with Crippen molar-refractivity contribution in [3.8, 4) is 0 Å². The number of benzene rings is 4. The van der Waals surface area contributed by atoms with Gasteiger partial charge in [0.2, 0.25) is 11.4 Å². The van der Waals surface area contributed by atoms with E-state index < -0.39 is 10.1 Å². The number of unbranched alkanes of at least 4 members (excludes halogenated alkanes) is 4. The van der Waals surface area contributed by atoms with Crippen LogP contribution in [0.2, 0.25) is 0 Å². The Hall–Kier alpha value is -4.52. The highest BCUT2D eigenvalue weighted by atomic mass is 32.2. The van der Waals surface area contributed by atoms with Crippen LogP contribution in [-0.4, -0.2) is 36.3 Å². The molecular weight excluding hydrogens is 601 g/mol. The third-order valence-corrected chi connectivity index (χ3v) is 9.39. The Bertz CT molecular complexity index is 1840. The number of hydrogen-bond donors (Lipinski definition) is 1. The minimum Gasteiger partial charge on any atom is -0.341 e. The summed E-state index contributed by atoms with van der Waals surface area (Å²) in [6, 6.07) is 35.8. The average Bonchev–Trinajstić information content (AvgIpc) is 3.10. The first-order valence-electron chi connectivity index (χ1n) is 16.7. The van der Waals surface area contributed by atoms with Gasteiger partial charge in [-0.2, -0.15) is 13.0 Å². The van der Waals surface area contributed by atoms with Crippen molar-refractivity contribution >= 4 is 38.5 Å². The van der Waals surface area contributed by atoms with Gasteiger partial charge in [-0.15, -0.1) is 0 Å². The van der Waals surface area contributed by atoms with Gasteiger partial charge in [0.05, 0.1) is 0 Å². The summed E-state index contributed by atoms with van der Waals surface area (Å²) in [4.78, 5) is 2.22. The molecule has 0 unspecified atom stereocenters. The summed E-state index contributed by atoms with van der Waals surface area (Å²) in [5, 5.41) is 0. The summed E-state index contributed by atoms with van der Waals surface area (Å²) in [6.07, 6.45) is 15.1. The zero-order chi connectivity index (χ0) is 33.1. The van der Waals surface area contributed by atoms with Gasteiger partial charge in [0, 0.05) is 54.2 Å². The largest absolute Gasteiger partial charge is 0.341 e. The van der Waals surface area contributed by atoms with E-state index in [1.54, 1.807) is 12.1 Å². The normalized spacial score (nSPS) is 12.7. The Kier molecular flexibility index (Phi) is 11.8. The molecule has 0 atom stereocenters. The van der Waals surface area contributed by atoms with Crippen molar-refractivity contribution in [1.29, 1.82) is 0 Å². The van der Waals surface area contributed by atoms with Crippen LogP contribution in [0, 0.1) is 0 Å². The summed E-state index contributed by atoms with van der Waals surface area (Å²) < 4.78 is 37.8. The van der Waals surface area contributed by atoms with Crippen molar-refractivity contribution in [3.05, 3.63) is 150 Å². The molecule has 0 radical (unpaired) electrons. The topological polar surface area (TPSA) is 60.6 Å². The second kappa shape index (κ2) is 16.3. The minimum atomic E-state index is -4.47. The lowest BCUT2D eigenvalue weighted by Crippen LogP contribution is -2.18. The zero-order valence-corrected chi connectivity index (χ0v) is 28.2. The lowest BCUT2D eigenvalue weighted by Gasteiger charge is -2.26. The Morgan fingerprint density at radius 3 is 1.87 bits per heavy atom. The van der Waals surface area contributed by atoms with E-state index in [1.807, 2.05) is 18.2 Å². The Balaban J connectivity index is 1.61. The molecule has 4 aromatic rings. The maximum Gasteiger partial charge on any atom is 0.295 e. The van der Waals surface area contributed by atoms with Gasteiger partial charge in [0.1, 0.15) is 11.4 Å². The number of para-hydroxylation sites is 2. The third-order valence-electron chi connectivity index (χ3n) is 8.48. The van der Waals surface area contributed by atoms with Crippen molar-refractivity contribution in [3.63, 3.8) is 0 Å². The SMILES string of the molecule is CCCCCN(c1ccccc1)c1ccc(C(=C2C=CC(=[N+](CCCCC)c3ccccc3)C=C2)c2ccccc2S(=O)(=O)O)cc1. The summed E-state index contributed by atoms with van der Waals surface area (Å²) in [5.41, 5.74) is 7.33. The van der Waals surface area contributed by atoms with Crippen molar-refractivity contribution in [1.82, 2.24) is 0 Å². The molecule has 0 heterocycles. The van der Waals surface area contributed by atoms with Crippen molar-refractivity contribution in [2.45, 2.75) is 57.3 Å². The van der Waals surface area contributed by atoms with Gasteiger partial charge in [-0.1, -0.05) is 99.8 Å². The molecule has 5 rings (SSSR count). The monoisotopic (exact) mass is 645 g/mol. The van der Waals surface area contributed by atoms with Crippen molar-refractivity contribution < 1.29 is 17.5 Å². The van der Waals surface area contributed by atoms with E-state index in [1.165, 1.54) is 6.07 Å². The Morgan fingerprint density at radius 2 is 1.23 bits per heavy atom. The summed E-state index contributed by atoms with van der Waals surface area (Å²) in [6.45, 7) is 6.22. The highest BCUT2D eigenvalue weighted by Crippen LogP contribution is 2.35. The van der Waals surface area contributed by atoms with E-state index in [4.69, 9.17) is 0 Å². The molecule has 1 N–H and O–H groups in total. The van der Waals surface area contributed by atoms with Gasteiger partial charge < -0.3 is 4.90 Å². The molecule has 0 spiro atoms. The highest BCUT2D eigenvalue weighted by Gasteiger charge is 2.23. The van der Waals surface area contributed by atoms with Crippen LogP contribution >= 0.6 is 0 Å². The summed E-state index contributed by atoms with van der Waals surface area (Å²) in [5.74, 6) is 0. The van der Waals surface area contributed by atoms with Crippen LogP contribution in [0.5, 0.6) is 0 Å². The van der Waals surface area contributed by atoms with Gasteiger partial charge in [0.15, 0.2) is 0 Å². The van der Waals surface area contributed by atoms with E-state index in [0.717, 1.165) is 91.1 Å². The van der Waals surface area contributed by atoms with Gasteiger partial charge >= 0.3 is 0 Å². The number of allylic oxidation sites excluding steroid dienone is 5.